The summed E-state index contributed by atoms with van der Waals surface area (Å²) in [5.74, 6) is 0.227. The summed E-state index contributed by atoms with van der Waals surface area (Å²) in [6.07, 6.45) is 4.49. The molecule has 0 bridgehead atoms. The predicted molar refractivity (Wildman–Crippen MR) is 66.6 cm³/mol. The van der Waals surface area contributed by atoms with Crippen molar-refractivity contribution in [2.24, 2.45) is 5.73 Å². The highest BCUT2D eigenvalue weighted by Crippen LogP contribution is 2.34. The molecule has 2 rings (SSSR count). The van der Waals surface area contributed by atoms with Crippen LogP contribution in [-0.4, -0.2) is 41.6 Å². The second-order valence-corrected chi connectivity index (χ2v) is 5.40. The van der Waals surface area contributed by atoms with Crippen molar-refractivity contribution in [2.75, 3.05) is 13.2 Å². The van der Waals surface area contributed by atoms with Gasteiger partial charge in [0.25, 0.3) is 0 Å². The minimum atomic E-state index is -0.0180. The molecule has 1 amide bonds. The van der Waals surface area contributed by atoms with E-state index in [2.05, 4.69) is 13.8 Å². The highest BCUT2D eigenvalue weighted by Gasteiger charge is 2.40. The lowest BCUT2D eigenvalue weighted by atomic mass is 9.85. The van der Waals surface area contributed by atoms with E-state index in [9.17, 15) is 4.79 Å². The first kappa shape index (κ1) is 12.8. The molecule has 2 fully saturated rings. The van der Waals surface area contributed by atoms with Crippen LogP contribution in [0.5, 0.6) is 0 Å². The molecule has 0 aromatic heterocycles. The van der Waals surface area contributed by atoms with Gasteiger partial charge < -0.3 is 15.4 Å². The third-order valence-corrected chi connectivity index (χ3v) is 4.38. The molecule has 2 N–H and O–H groups in total. The molecule has 4 heteroatoms. The standard InChI is InChI=1S/C13H24N2O2/c1-3-13(4-2)8-11(5-6-17-13)15-9-10(14)7-12(15)16/h10-11H,3-9,14H2,1-2H3. The molecule has 17 heavy (non-hydrogen) atoms. The maximum Gasteiger partial charge on any atom is 0.224 e. The van der Waals surface area contributed by atoms with E-state index in [1.54, 1.807) is 0 Å². The molecular formula is C13H24N2O2. The average Bonchev–Trinajstić information content (AvgIpc) is 2.68. The fourth-order valence-corrected chi connectivity index (χ4v) is 3.12. The van der Waals surface area contributed by atoms with Crippen molar-refractivity contribution in [3.8, 4) is 0 Å². The summed E-state index contributed by atoms with van der Waals surface area (Å²) in [6.45, 7) is 5.84. The summed E-state index contributed by atoms with van der Waals surface area (Å²) in [5.41, 5.74) is 5.84. The van der Waals surface area contributed by atoms with Crippen LogP contribution in [0.15, 0.2) is 0 Å². The molecule has 2 saturated heterocycles. The Bertz CT molecular complexity index is 289. The van der Waals surface area contributed by atoms with Gasteiger partial charge in [-0.05, 0) is 25.7 Å². The lowest BCUT2D eigenvalue weighted by Crippen LogP contribution is -2.49. The number of nitrogens with zero attached hydrogens (tertiary/aromatic N) is 1. The van der Waals surface area contributed by atoms with Crippen molar-refractivity contribution in [3.63, 3.8) is 0 Å². The SMILES string of the molecule is CCC1(CC)CC(N2CC(N)CC2=O)CCO1. The van der Waals surface area contributed by atoms with Crippen LogP contribution in [0.3, 0.4) is 0 Å². The highest BCUT2D eigenvalue weighted by molar-refractivity contribution is 5.79. The first-order valence-corrected chi connectivity index (χ1v) is 6.79. The molecule has 4 nitrogen and oxygen atoms in total. The first-order valence-electron chi connectivity index (χ1n) is 6.79. The summed E-state index contributed by atoms with van der Waals surface area (Å²) < 4.78 is 5.95. The Morgan fingerprint density at radius 2 is 2.18 bits per heavy atom. The molecule has 2 unspecified atom stereocenters. The fraction of sp³-hybridized carbons (Fsp3) is 0.923. The zero-order valence-corrected chi connectivity index (χ0v) is 10.9. The predicted octanol–water partition coefficient (Wildman–Crippen LogP) is 1.28. The molecule has 0 aromatic rings. The van der Waals surface area contributed by atoms with E-state index < -0.39 is 0 Å². The highest BCUT2D eigenvalue weighted by atomic mass is 16.5. The Balaban J connectivity index is 2.04. The quantitative estimate of drug-likeness (QED) is 0.808. The molecule has 0 aliphatic carbocycles. The van der Waals surface area contributed by atoms with Crippen molar-refractivity contribution < 1.29 is 9.53 Å². The lowest BCUT2D eigenvalue weighted by Gasteiger charge is -2.43. The molecule has 98 valence electrons. The van der Waals surface area contributed by atoms with E-state index in [1.807, 2.05) is 4.90 Å². The Kier molecular flexibility index (Phi) is 3.73. The van der Waals surface area contributed by atoms with Gasteiger partial charge in [-0.2, -0.15) is 0 Å². The monoisotopic (exact) mass is 240 g/mol. The van der Waals surface area contributed by atoms with Crippen LogP contribution >= 0.6 is 0 Å². The molecule has 0 aromatic carbocycles. The summed E-state index contributed by atoms with van der Waals surface area (Å²) in [4.78, 5) is 13.9. The first-order chi connectivity index (χ1) is 8.10. The zero-order chi connectivity index (χ0) is 12.5. The van der Waals surface area contributed by atoms with Crippen LogP contribution < -0.4 is 5.73 Å². The van der Waals surface area contributed by atoms with Gasteiger partial charge in [-0.3, -0.25) is 4.79 Å². The number of ether oxygens (including phenoxy) is 1. The summed E-state index contributed by atoms with van der Waals surface area (Å²) >= 11 is 0. The second kappa shape index (κ2) is 4.94. The number of amides is 1. The normalized spacial score (nSPS) is 33.1. The van der Waals surface area contributed by atoms with E-state index in [-0.39, 0.29) is 17.6 Å². The molecule has 0 spiro atoms. The summed E-state index contributed by atoms with van der Waals surface area (Å²) in [7, 11) is 0. The number of hydrogen-bond donors (Lipinski definition) is 1. The van der Waals surface area contributed by atoms with Gasteiger partial charge in [-0.25, -0.2) is 0 Å². The van der Waals surface area contributed by atoms with Crippen LogP contribution in [0.25, 0.3) is 0 Å². The van der Waals surface area contributed by atoms with Crippen LogP contribution in [0.2, 0.25) is 0 Å². The van der Waals surface area contributed by atoms with Crippen molar-refractivity contribution >= 4 is 5.91 Å². The number of rotatable bonds is 3. The number of hydrogen-bond acceptors (Lipinski definition) is 3. The molecule has 2 heterocycles. The zero-order valence-electron chi connectivity index (χ0n) is 10.9. The number of likely N-dealkylation sites (tertiary alicyclic amines) is 1. The topological polar surface area (TPSA) is 55.6 Å². The second-order valence-electron chi connectivity index (χ2n) is 5.40. The van der Waals surface area contributed by atoms with E-state index >= 15 is 0 Å². The van der Waals surface area contributed by atoms with E-state index in [1.165, 1.54) is 0 Å². The molecule has 2 aliphatic heterocycles. The molecular weight excluding hydrogens is 216 g/mol. The average molecular weight is 240 g/mol. The maximum absolute atomic E-state index is 11.9. The van der Waals surface area contributed by atoms with Gasteiger partial charge >= 0.3 is 0 Å². The van der Waals surface area contributed by atoms with Crippen LogP contribution in [0.4, 0.5) is 0 Å². The number of carbonyl (C=O) groups excluding carboxylic acids is 1. The van der Waals surface area contributed by atoms with E-state index in [4.69, 9.17) is 10.5 Å². The van der Waals surface area contributed by atoms with Crippen molar-refractivity contribution in [2.45, 2.75) is 63.6 Å². The third-order valence-electron chi connectivity index (χ3n) is 4.38. The van der Waals surface area contributed by atoms with Gasteiger partial charge in [0, 0.05) is 31.7 Å². The molecule has 0 radical (unpaired) electrons. The van der Waals surface area contributed by atoms with Gasteiger partial charge in [0.2, 0.25) is 5.91 Å². The van der Waals surface area contributed by atoms with E-state index in [0.29, 0.717) is 12.5 Å². The smallest absolute Gasteiger partial charge is 0.224 e. The van der Waals surface area contributed by atoms with Crippen molar-refractivity contribution in [1.29, 1.82) is 0 Å². The van der Waals surface area contributed by atoms with Crippen molar-refractivity contribution in [1.82, 2.24) is 4.90 Å². The fourth-order valence-electron chi connectivity index (χ4n) is 3.12. The van der Waals surface area contributed by atoms with Crippen LogP contribution in [0.1, 0.15) is 46.0 Å². The molecule has 0 saturated carbocycles. The summed E-state index contributed by atoms with van der Waals surface area (Å²) in [6, 6.07) is 0.368. The third kappa shape index (κ3) is 2.47. The number of nitrogens with two attached hydrogens (primary N) is 1. The van der Waals surface area contributed by atoms with Gasteiger partial charge in [0.05, 0.1) is 5.60 Å². The van der Waals surface area contributed by atoms with Crippen LogP contribution in [-0.2, 0) is 9.53 Å². The van der Waals surface area contributed by atoms with Crippen molar-refractivity contribution in [3.05, 3.63) is 0 Å². The minimum absolute atomic E-state index is 0.0180. The Morgan fingerprint density at radius 1 is 1.47 bits per heavy atom. The minimum Gasteiger partial charge on any atom is -0.375 e. The Hall–Kier alpha value is -0.610. The lowest BCUT2D eigenvalue weighted by molar-refractivity contribution is -0.139. The largest absolute Gasteiger partial charge is 0.375 e. The van der Waals surface area contributed by atoms with Crippen LogP contribution in [0, 0.1) is 0 Å². The van der Waals surface area contributed by atoms with Gasteiger partial charge in [0.15, 0.2) is 0 Å². The number of carbonyl (C=O) groups is 1. The summed E-state index contributed by atoms with van der Waals surface area (Å²) in [5, 5.41) is 0. The van der Waals surface area contributed by atoms with E-state index in [0.717, 1.165) is 38.8 Å². The maximum atomic E-state index is 11.9. The van der Waals surface area contributed by atoms with Gasteiger partial charge in [0.1, 0.15) is 0 Å². The molecule has 2 atom stereocenters. The van der Waals surface area contributed by atoms with Gasteiger partial charge in [-0.15, -0.1) is 0 Å². The Labute approximate surface area is 103 Å². The molecule has 2 aliphatic rings. The Morgan fingerprint density at radius 3 is 2.71 bits per heavy atom. The van der Waals surface area contributed by atoms with Gasteiger partial charge in [-0.1, -0.05) is 13.8 Å².